The molecule has 0 N–H and O–H groups in total. The number of carbonyl (C=O) groups is 3. The summed E-state index contributed by atoms with van der Waals surface area (Å²) in [7, 11) is 0.155. The van der Waals surface area contributed by atoms with Crippen LogP contribution in [-0.2, 0) is 0 Å². The molecule has 0 fully saturated rings. The van der Waals surface area contributed by atoms with Crippen molar-refractivity contribution in [1.29, 1.82) is 0 Å². The van der Waals surface area contributed by atoms with Gasteiger partial charge in [-0.05, 0) is 57.2 Å². The van der Waals surface area contributed by atoms with E-state index in [9.17, 15) is 14.4 Å². The second-order valence-electron chi connectivity index (χ2n) is 8.21. The zero-order valence-electron chi connectivity index (χ0n) is 23.7. The van der Waals surface area contributed by atoms with Crippen LogP contribution in [0.2, 0.25) is 0 Å². The van der Waals surface area contributed by atoms with Gasteiger partial charge in [0, 0.05) is 0 Å². The molecule has 13 heteroatoms. The Labute approximate surface area is 245 Å². The van der Waals surface area contributed by atoms with E-state index < -0.39 is 17.7 Å². The van der Waals surface area contributed by atoms with E-state index in [-0.39, 0.29) is 38.1 Å². The Morgan fingerprint density at radius 2 is 0.833 bits per heavy atom. The molecule has 3 aromatic carbocycles. The SMILES string of the molecule is CCOc1ccccc1C(=O)N=NC([SiH3])=C(N=NC(=O)c1ccccc1OCC)N=NC(=O)c1ccccc1OCC. The fraction of sp³-hybridized carbons (Fsp3) is 0.207. The fourth-order valence-corrected chi connectivity index (χ4v) is 3.75. The van der Waals surface area contributed by atoms with Gasteiger partial charge in [-0.25, -0.2) is 0 Å². The highest BCUT2D eigenvalue weighted by molar-refractivity contribution is 6.21. The molecule has 0 aliphatic heterocycles. The highest BCUT2D eigenvalue weighted by Gasteiger charge is 2.15. The van der Waals surface area contributed by atoms with Crippen LogP contribution in [0.4, 0.5) is 0 Å². The Kier molecular flexibility index (Phi) is 12.1. The first-order valence-electron chi connectivity index (χ1n) is 13.1. The summed E-state index contributed by atoms with van der Waals surface area (Å²) in [4.78, 5) is 38.5. The van der Waals surface area contributed by atoms with Crippen LogP contribution < -0.4 is 14.2 Å². The average molecular weight is 587 g/mol. The molecular weight excluding hydrogens is 556 g/mol. The lowest BCUT2D eigenvalue weighted by molar-refractivity contribution is 0.0980. The summed E-state index contributed by atoms with van der Waals surface area (Å²) in [6.07, 6.45) is 0. The molecule has 3 rings (SSSR count). The zero-order valence-corrected chi connectivity index (χ0v) is 25.7. The van der Waals surface area contributed by atoms with Gasteiger partial charge in [-0.2, -0.15) is 5.11 Å². The molecule has 0 aliphatic rings. The van der Waals surface area contributed by atoms with Crippen LogP contribution in [0.25, 0.3) is 0 Å². The van der Waals surface area contributed by atoms with Crippen LogP contribution in [-0.4, -0.2) is 47.8 Å². The molecular formula is C29H30N6O6Si. The van der Waals surface area contributed by atoms with Crippen molar-refractivity contribution < 1.29 is 28.6 Å². The van der Waals surface area contributed by atoms with Gasteiger partial charge in [-0.3, -0.25) is 14.4 Å². The molecule has 42 heavy (non-hydrogen) atoms. The number of hydrogen-bond donors (Lipinski definition) is 0. The summed E-state index contributed by atoms with van der Waals surface area (Å²) in [6, 6.07) is 19.7. The molecule has 12 nitrogen and oxygen atoms in total. The molecule has 0 radical (unpaired) electrons. The largest absolute Gasteiger partial charge is 0.493 e. The molecule has 0 aliphatic carbocycles. The van der Waals surface area contributed by atoms with E-state index in [1.54, 1.807) is 93.6 Å². The minimum Gasteiger partial charge on any atom is -0.493 e. The standard InChI is InChI=1S/C29H30N6O6Si/c1-4-39-22-16-10-7-13-19(22)26(36)32-30-25(31-33-27(37)20-14-8-11-17-23(20)40-5-2)29(42)35-34-28(38)21-15-9-12-18-24(21)41-6-3/h7-18H,4-6H2,1-3,42H3. The first kappa shape index (κ1) is 31.4. The van der Waals surface area contributed by atoms with Crippen LogP contribution in [0.5, 0.6) is 17.2 Å². The van der Waals surface area contributed by atoms with E-state index >= 15 is 0 Å². The molecule has 0 spiro atoms. The third kappa shape index (κ3) is 8.66. The Morgan fingerprint density at radius 1 is 0.524 bits per heavy atom. The van der Waals surface area contributed by atoms with Crippen molar-refractivity contribution in [2.45, 2.75) is 20.8 Å². The van der Waals surface area contributed by atoms with Crippen LogP contribution in [0, 0.1) is 0 Å². The second kappa shape index (κ2) is 16.2. The highest BCUT2D eigenvalue weighted by Crippen LogP contribution is 2.23. The number of azo groups is 3. The Morgan fingerprint density at radius 3 is 1.17 bits per heavy atom. The van der Waals surface area contributed by atoms with Crippen molar-refractivity contribution in [3.63, 3.8) is 0 Å². The number of benzene rings is 3. The van der Waals surface area contributed by atoms with Crippen LogP contribution >= 0.6 is 0 Å². The summed E-state index contributed by atoms with van der Waals surface area (Å²) < 4.78 is 16.5. The van der Waals surface area contributed by atoms with Gasteiger partial charge >= 0.3 is 0 Å². The highest BCUT2D eigenvalue weighted by atomic mass is 28.1. The third-order valence-corrected chi connectivity index (χ3v) is 5.98. The minimum absolute atomic E-state index is 0.0986. The molecule has 0 saturated carbocycles. The van der Waals surface area contributed by atoms with Crippen molar-refractivity contribution in [1.82, 2.24) is 0 Å². The van der Waals surface area contributed by atoms with E-state index in [1.165, 1.54) is 0 Å². The Balaban J connectivity index is 1.97. The summed E-state index contributed by atoms with van der Waals surface area (Å²) in [5, 5.41) is 23.2. The molecule has 0 bridgehead atoms. The van der Waals surface area contributed by atoms with Gasteiger partial charge < -0.3 is 14.2 Å². The van der Waals surface area contributed by atoms with E-state index in [2.05, 4.69) is 30.7 Å². The smallest absolute Gasteiger partial charge is 0.299 e. The number of para-hydroxylation sites is 3. The molecule has 3 amide bonds. The molecule has 0 heterocycles. The Hall–Kier alpha value is -5.17. The van der Waals surface area contributed by atoms with Crippen LogP contribution in [0.1, 0.15) is 51.8 Å². The van der Waals surface area contributed by atoms with Crippen molar-refractivity contribution in [3.05, 3.63) is 101 Å². The van der Waals surface area contributed by atoms with Gasteiger partial charge in [0.2, 0.25) is 5.82 Å². The third-order valence-electron chi connectivity index (χ3n) is 5.34. The number of amides is 3. The van der Waals surface area contributed by atoms with Gasteiger partial charge in [0.25, 0.3) is 17.7 Å². The topological polar surface area (TPSA) is 153 Å². The first-order valence-corrected chi connectivity index (χ1v) is 14.1. The fourth-order valence-electron chi connectivity index (χ4n) is 3.45. The summed E-state index contributed by atoms with van der Waals surface area (Å²) in [5.41, 5.74) is 0.577. The molecule has 216 valence electrons. The monoisotopic (exact) mass is 586 g/mol. The van der Waals surface area contributed by atoms with Gasteiger partial charge in [0.15, 0.2) is 0 Å². The summed E-state index contributed by atoms with van der Waals surface area (Å²) in [6.45, 7) is 6.43. The number of ether oxygens (including phenoxy) is 3. The lowest BCUT2D eigenvalue weighted by atomic mass is 10.2. The van der Waals surface area contributed by atoms with Gasteiger partial charge in [0.05, 0.1) is 52.1 Å². The number of nitrogens with zero attached hydrogens (tertiary/aromatic N) is 6. The van der Waals surface area contributed by atoms with E-state index in [4.69, 9.17) is 14.2 Å². The normalized spacial score (nSPS) is 11.2. The lowest BCUT2D eigenvalue weighted by Gasteiger charge is -2.06. The maximum Gasteiger partial charge on any atom is 0.299 e. The maximum atomic E-state index is 12.9. The predicted molar refractivity (Wildman–Crippen MR) is 157 cm³/mol. The second-order valence-corrected chi connectivity index (χ2v) is 9.16. The maximum absolute atomic E-state index is 12.9. The summed E-state index contributed by atoms with van der Waals surface area (Å²) >= 11 is 0. The van der Waals surface area contributed by atoms with Gasteiger partial charge in [0.1, 0.15) is 17.2 Å². The van der Waals surface area contributed by atoms with Crippen molar-refractivity contribution in [3.8, 4) is 17.2 Å². The van der Waals surface area contributed by atoms with Crippen LogP contribution in [0.3, 0.4) is 0 Å². The number of hydrogen-bond acceptors (Lipinski definition) is 9. The molecule has 0 saturated heterocycles. The predicted octanol–water partition coefficient (Wildman–Crippen LogP) is 5.55. The van der Waals surface area contributed by atoms with E-state index in [0.29, 0.717) is 37.1 Å². The van der Waals surface area contributed by atoms with Crippen molar-refractivity contribution >= 4 is 28.0 Å². The molecule has 3 aromatic rings. The number of rotatable bonds is 12. The zero-order chi connectivity index (χ0) is 30.3. The molecule has 0 aromatic heterocycles. The Bertz CT molecular complexity index is 1480. The van der Waals surface area contributed by atoms with Gasteiger partial charge in [-0.1, -0.05) is 36.4 Å². The van der Waals surface area contributed by atoms with Crippen molar-refractivity contribution in [2.24, 2.45) is 30.7 Å². The lowest BCUT2D eigenvalue weighted by Crippen LogP contribution is -2.02. The average Bonchev–Trinajstić information content (AvgIpc) is 3.00. The van der Waals surface area contributed by atoms with E-state index in [0.717, 1.165) is 0 Å². The number of carbonyl (C=O) groups excluding carboxylic acids is 3. The van der Waals surface area contributed by atoms with Gasteiger partial charge in [-0.15, -0.1) is 25.6 Å². The van der Waals surface area contributed by atoms with Crippen LogP contribution in [0.15, 0.2) is 115 Å². The molecule has 0 atom stereocenters. The van der Waals surface area contributed by atoms with Crippen molar-refractivity contribution in [2.75, 3.05) is 19.8 Å². The first-order chi connectivity index (χ1) is 20.4. The summed E-state index contributed by atoms with van der Waals surface area (Å²) in [5.74, 6) is -1.32. The van der Waals surface area contributed by atoms with E-state index in [1.807, 2.05) is 0 Å². The molecule has 0 unspecified atom stereocenters. The quantitative estimate of drug-likeness (QED) is 0.200. The minimum atomic E-state index is -0.715.